The summed E-state index contributed by atoms with van der Waals surface area (Å²) in [6, 6.07) is 7.41. The summed E-state index contributed by atoms with van der Waals surface area (Å²) >= 11 is 7.40. The molecule has 0 saturated carbocycles. The molecule has 1 rings (SSSR count). The third-order valence-electron chi connectivity index (χ3n) is 2.81. The molecule has 0 saturated heterocycles. The fourth-order valence-electron chi connectivity index (χ4n) is 1.64. The van der Waals surface area contributed by atoms with Crippen molar-refractivity contribution in [2.45, 2.75) is 17.9 Å². The average Bonchev–Trinajstić information content (AvgIpc) is 2.62. The highest BCUT2D eigenvalue weighted by Gasteiger charge is 2.15. The van der Waals surface area contributed by atoms with Crippen LogP contribution in [0.2, 0.25) is 5.02 Å². The van der Waals surface area contributed by atoms with Gasteiger partial charge < -0.3 is 19.5 Å². The summed E-state index contributed by atoms with van der Waals surface area (Å²) in [6.45, 7) is 6.20. The molecule has 0 radical (unpaired) electrons. The lowest BCUT2D eigenvalue weighted by Crippen LogP contribution is -2.34. The molecule has 0 aliphatic carbocycles. The number of amides is 1. The van der Waals surface area contributed by atoms with Gasteiger partial charge in [-0.15, -0.1) is 11.8 Å². The Kier molecular flexibility index (Phi) is 10.8. The topological polar surface area (TPSA) is 73.9 Å². The SMILES string of the molecule is C=CC(=O)OCCNC(=O)OC(COCC)CSc1ccc(Cl)cc1. The van der Waals surface area contributed by atoms with Crippen molar-refractivity contribution in [2.24, 2.45) is 0 Å². The first-order chi connectivity index (χ1) is 12.0. The summed E-state index contributed by atoms with van der Waals surface area (Å²) in [5, 5.41) is 3.19. The molecule has 0 heterocycles. The van der Waals surface area contributed by atoms with Gasteiger partial charge >= 0.3 is 12.1 Å². The van der Waals surface area contributed by atoms with Gasteiger partial charge in [0.05, 0.1) is 13.2 Å². The molecule has 1 unspecified atom stereocenters. The second kappa shape index (κ2) is 12.6. The van der Waals surface area contributed by atoms with Crippen molar-refractivity contribution in [3.63, 3.8) is 0 Å². The van der Waals surface area contributed by atoms with E-state index in [2.05, 4.69) is 11.9 Å². The lowest BCUT2D eigenvalue weighted by molar-refractivity contribution is -0.137. The van der Waals surface area contributed by atoms with Crippen LogP contribution in [-0.4, -0.2) is 50.3 Å². The van der Waals surface area contributed by atoms with Gasteiger partial charge in [-0.25, -0.2) is 9.59 Å². The number of rotatable bonds is 11. The molecule has 0 aliphatic rings. The van der Waals surface area contributed by atoms with Gasteiger partial charge in [0.2, 0.25) is 0 Å². The third kappa shape index (κ3) is 10.0. The monoisotopic (exact) mass is 387 g/mol. The summed E-state index contributed by atoms with van der Waals surface area (Å²) in [5.41, 5.74) is 0. The number of halogens is 1. The second-order valence-electron chi connectivity index (χ2n) is 4.75. The van der Waals surface area contributed by atoms with Gasteiger partial charge in [0.1, 0.15) is 12.7 Å². The highest BCUT2D eigenvalue weighted by molar-refractivity contribution is 7.99. The first-order valence-corrected chi connectivity index (χ1v) is 9.11. The number of benzene rings is 1. The fourth-order valence-corrected chi connectivity index (χ4v) is 2.64. The Balaban J connectivity index is 2.37. The molecular weight excluding hydrogens is 366 g/mol. The van der Waals surface area contributed by atoms with Crippen LogP contribution < -0.4 is 5.32 Å². The van der Waals surface area contributed by atoms with E-state index in [1.807, 2.05) is 19.1 Å². The Hall–Kier alpha value is -1.70. The smallest absolute Gasteiger partial charge is 0.407 e. The number of nitrogens with one attached hydrogen (secondary N) is 1. The molecular formula is C17H22ClNO5S. The highest BCUT2D eigenvalue weighted by Crippen LogP contribution is 2.21. The number of thioether (sulfide) groups is 1. The molecule has 138 valence electrons. The summed E-state index contributed by atoms with van der Waals surface area (Å²) in [6.07, 6.45) is 0.0668. The van der Waals surface area contributed by atoms with Crippen LogP contribution in [0.25, 0.3) is 0 Å². The maximum Gasteiger partial charge on any atom is 0.407 e. The standard InChI is InChI=1S/C17H22ClNO5S/c1-3-16(20)23-10-9-19-17(21)24-14(11-22-4-2)12-25-15-7-5-13(18)6-8-15/h3,5-8,14H,1,4,9-12H2,2H3,(H,19,21). The molecule has 0 spiro atoms. The van der Waals surface area contributed by atoms with Gasteiger partial charge in [-0.1, -0.05) is 18.2 Å². The van der Waals surface area contributed by atoms with Crippen molar-refractivity contribution in [3.05, 3.63) is 41.9 Å². The average molecular weight is 388 g/mol. The van der Waals surface area contributed by atoms with Crippen LogP contribution in [0.1, 0.15) is 6.92 Å². The van der Waals surface area contributed by atoms with Crippen LogP contribution in [0, 0.1) is 0 Å². The van der Waals surface area contributed by atoms with E-state index >= 15 is 0 Å². The Bertz CT molecular complexity index is 552. The number of carbonyl (C=O) groups is 2. The van der Waals surface area contributed by atoms with Gasteiger partial charge in [-0.2, -0.15) is 0 Å². The van der Waals surface area contributed by atoms with E-state index < -0.39 is 18.2 Å². The van der Waals surface area contributed by atoms with Gasteiger partial charge in [0.25, 0.3) is 0 Å². The second-order valence-corrected chi connectivity index (χ2v) is 6.28. The number of esters is 1. The minimum Gasteiger partial charge on any atom is -0.461 e. The van der Waals surface area contributed by atoms with Crippen LogP contribution in [0.4, 0.5) is 4.79 Å². The zero-order chi connectivity index (χ0) is 18.5. The largest absolute Gasteiger partial charge is 0.461 e. The van der Waals surface area contributed by atoms with Crippen LogP contribution in [0.3, 0.4) is 0 Å². The fraction of sp³-hybridized carbons (Fsp3) is 0.412. The summed E-state index contributed by atoms with van der Waals surface area (Å²) in [4.78, 5) is 23.7. The summed E-state index contributed by atoms with van der Waals surface area (Å²) in [5.74, 6) is 0.00397. The Labute approximate surface area is 156 Å². The predicted octanol–water partition coefficient (Wildman–Crippen LogP) is 3.29. The maximum atomic E-state index is 11.8. The Morgan fingerprint density at radius 1 is 1.36 bits per heavy atom. The number of hydrogen-bond donors (Lipinski definition) is 1. The third-order valence-corrected chi connectivity index (χ3v) is 4.21. The van der Waals surface area contributed by atoms with Crippen molar-refractivity contribution in [2.75, 3.05) is 32.1 Å². The number of alkyl carbamates (subject to hydrolysis) is 1. The lowest BCUT2D eigenvalue weighted by Gasteiger charge is -2.18. The number of ether oxygens (including phenoxy) is 3. The van der Waals surface area contributed by atoms with Gasteiger partial charge in [0.15, 0.2) is 0 Å². The summed E-state index contributed by atoms with van der Waals surface area (Å²) in [7, 11) is 0. The van der Waals surface area contributed by atoms with Crippen LogP contribution in [0.5, 0.6) is 0 Å². The molecule has 0 fully saturated rings. The van der Waals surface area contributed by atoms with Gasteiger partial charge in [-0.05, 0) is 31.2 Å². The van der Waals surface area contributed by atoms with E-state index in [0.717, 1.165) is 11.0 Å². The van der Waals surface area contributed by atoms with Crippen molar-refractivity contribution < 1.29 is 23.8 Å². The number of carbonyl (C=O) groups excluding carboxylic acids is 2. The Morgan fingerprint density at radius 3 is 2.72 bits per heavy atom. The number of hydrogen-bond acceptors (Lipinski definition) is 6. The molecule has 1 N–H and O–H groups in total. The minimum absolute atomic E-state index is 0.0512. The normalized spacial score (nSPS) is 11.4. The maximum absolute atomic E-state index is 11.8. The minimum atomic E-state index is -0.587. The van der Waals surface area contributed by atoms with Crippen molar-refractivity contribution in [1.82, 2.24) is 5.32 Å². The molecule has 1 atom stereocenters. The molecule has 0 aliphatic heterocycles. The zero-order valence-electron chi connectivity index (χ0n) is 14.0. The molecule has 1 aromatic carbocycles. The zero-order valence-corrected chi connectivity index (χ0v) is 15.6. The van der Waals surface area contributed by atoms with Crippen LogP contribution in [0.15, 0.2) is 41.8 Å². The molecule has 1 aromatic rings. The van der Waals surface area contributed by atoms with E-state index in [1.54, 1.807) is 23.9 Å². The molecule has 25 heavy (non-hydrogen) atoms. The first kappa shape index (κ1) is 21.3. The van der Waals surface area contributed by atoms with E-state index in [-0.39, 0.29) is 13.2 Å². The van der Waals surface area contributed by atoms with E-state index in [0.29, 0.717) is 24.0 Å². The first-order valence-electron chi connectivity index (χ1n) is 7.75. The van der Waals surface area contributed by atoms with Crippen LogP contribution in [-0.2, 0) is 19.0 Å². The Morgan fingerprint density at radius 2 is 2.08 bits per heavy atom. The van der Waals surface area contributed by atoms with Crippen molar-refractivity contribution in [1.29, 1.82) is 0 Å². The molecule has 8 heteroatoms. The summed E-state index contributed by atoms with van der Waals surface area (Å²) < 4.78 is 15.5. The molecule has 0 aromatic heterocycles. The quantitative estimate of drug-likeness (QED) is 0.272. The molecule has 6 nitrogen and oxygen atoms in total. The van der Waals surface area contributed by atoms with Crippen molar-refractivity contribution >= 4 is 35.4 Å². The van der Waals surface area contributed by atoms with E-state index in [1.165, 1.54) is 0 Å². The van der Waals surface area contributed by atoms with Crippen molar-refractivity contribution in [3.8, 4) is 0 Å². The van der Waals surface area contributed by atoms with E-state index in [9.17, 15) is 9.59 Å². The van der Waals surface area contributed by atoms with Gasteiger partial charge in [-0.3, -0.25) is 0 Å². The van der Waals surface area contributed by atoms with Crippen LogP contribution >= 0.6 is 23.4 Å². The lowest BCUT2D eigenvalue weighted by atomic mass is 10.4. The molecule has 1 amide bonds. The molecule has 0 bridgehead atoms. The van der Waals surface area contributed by atoms with Gasteiger partial charge in [0, 0.05) is 28.4 Å². The predicted molar refractivity (Wildman–Crippen MR) is 98.1 cm³/mol. The highest BCUT2D eigenvalue weighted by atomic mass is 35.5. The van der Waals surface area contributed by atoms with E-state index in [4.69, 9.17) is 25.8 Å².